The van der Waals surface area contributed by atoms with Crippen molar-refractivity contribution >= 4 is 11.6 Å². The van der Waals surface area contributed by atoms with Crippen LogP contribution in [0.15, 0.2) is 30.9 Å². The van der Waals surface area contributed by atoms with E-state index in [0.717, 1.165) is 24.6 Å². The molecule has 3 aromatic rings. The summed E-state index contributed by atoms with van der Waals surface area (Å²) in [7, 11) is 1.37. The predicted octanol–water partition coefficient (Wildman–Crippen LogP) is 2.36. The van der Waals surface area contributed by atoms with Crippen LogP contribution in [0.25, 0.3) is 5.65 Å². The molecular formula is C19H20N4O3. The molecule has 2 fully saturated rings. The van der Waals surface area contributed by atoms with Crippen LogP contribution < -0.4 is 0 Å². The van der Waals surface area contributed by atoms with Crippen LogP contribution in [0.3, 0.4) is 0 Å². The van der Waals surface area contributed by atoms with E-state index in [-0.39, 0.29) is 5.97 Å². The highest BCUT2D eigenvalue weighted by atomic mass is 16.5. The molecule has 1 aliphatic carbocycles. The minimum atomic E-state index is -0.382. The number of nitrogens with zero attached hydrogens (tertiary/aromatic N) is 4. The highest BCUT2D eigenvalue weighted by Crippen LogP contribution is 2.41. The van der Waals surface area contributed by atoms with Crippen LogP contribution in [0, 0.1) is 0 Å². The maximum Gasteiger partial charge on any atom is 0.341 e. The van der Waals surface area contributed by atoms with Gasteiger partial charge in [-0.2, -0.15) is 5.10 Å². The molecule has 134 valence electrons. The van der Waals surface area contributed by atoms with E-state index in [2.05, 4.69) is 28.0 Å². The van der Waals surface area contributed by atoms with Gasteiger partial charge in [0.25, 0.3) is 0 Å². The summed E-state index contributed by atoms with van der Waals surface area (Å²) in [6.45, 7) is 2.05. The lowest BCUT2D eigenvalue weighted by Crippen LogP contribution is -2.25. The molecule has 0 N–H and O–H groups in total. The highest BCUT2D eigenvalue weighted by Gasteiger charge is 2.29. The number of pyridine rings is 1. The van der Waals surface area contributed by atoms with Gasteiger partial charge >= 0.3 is 5.97 Å². The number of esters is 1. The number of methoxy groups -OCH3 is 1. The summed E-state index contributed by atoms with van der Waals surface area (Å²) >= 11 is 0. The molecule has 2 aliphatic rings. The Kier molecular flexibility index (Phi) is 3.56. The Bertz CT molecular complexity index is 982. The summed E-state index contributed by atoms with van der Waals surface area (Å²) in [4.78, 5) is 16.4. The lowest BCUT2D eigenvalue weighted by atomic mass is 9.96. The number of rotatable bonds is 5. The summed E-state index contributed by atoms with van der Waals surface area (Å²) in [5, 5.41) is 4.24. The van der Waals surface area contributed by atoms with Crippen molar-refractivity contribution in [1.29, 1.82) is 0 Å². The number of hydrogen-bond acceptors (Lipinski definition) is 5. The van der Waals surface area contributed by atoms with Gasteiger partial charge in [-0.3, -0.25) is 4.68 Å². The molecule has 3 aromatic heterocycles. The lowest BCUT2D eigenvalue weighted by Gasteiger charge is -2.27. The molecule has 0 amide bonds. The van der Waals surface area contributed by atoms with Crippen LogP contribution in [0.1, 0.15) is 51.9 Å². The first-order chi connectivity index (χ1) is 12.7. The number of imidazole rings is 1. The average molecular weight is 352 g/mol. The number of aromatic nitrogens is 4. The summed E-state index contributed by atoms with van der Waals surface area (Å²) in [5.74, 6) is 0.744. The van der Waals surface area contributed by atoms with Crippen LogP contribution >= 0.6 is 0 Å². The van der Waals surface area contributed by atoms with Crippen LogP contribution in [0.2, 0.25) is 0 Å². The summed E-state index contributed by atoms with van der Waals surface area (Å²) in [6.07, 6.45) is 10.0. The first-order valence-corrected chi connectivity index (χ1v) is 8.91. The van der Waals surface area contributed by atoms with Crippen molar-refractivity contribution in [3.63, 3.8) is 0 Å². The zero-order valence-corrected chi connectivity index (χ0v) is 14.6. The maximum atomic E-state index is 11.6. The van der Waals surface area contributed by atoms with Gasteiger partial charge in [0.15, 0.2) is 0 Å². The number of carbonyl (C=O) groups excluding carboxylic acids is 1. The van der Waals surface area contributed by atoms with Gasteiger partial charge in [0.1, 0.15) is 5.65 Å². The second kappa shape index (κ2) is 5.95. The fourth-order valence-corrected chi connectivity index (χ4v) is 3.47. The van der Waals surface area contributed by atoms with Crippen molar-refractivity contribution in [2.45, 2.75) is 31.2 Å². The van der Waals surface area contributed by atoms with E-state index >= 15 is 0 Å². The van der Waals surface area contributed by atoms with E-state index < -0.39 is 0 Å². The van der Waals surface area contributed by atoms with E-state index in [0.29, 0.717) is 23.9 Å². The summed E-state index contributed by atoms with van der Waals surface area (Å²) in [6, 6.07) is 2.32. The van der Waals surface area contributed by atoms with Crippen LogP contribution in [-0.4, -0.2) is 45.5 Å². The Balaban J connectivity index is 1.48. The molecule has 0 aromatic carbocycles. The molecule has 26 heavy (non-hydrogen) atoms. The Morgan fingerprint density at radius 1 is 1.27 bits per heavy atom. The van der Waals surface area contributed by atoms with Crippen molar-refractivity contribution in [1.82, 2.24) is 19.2 Å². The molecule has 0 unspecified atom stereocenters. The lowest BCUT2D eigenvalue weighted by molar-refractivity contribution is 0.00877. The molecule has 1 saturated carbocycles. The van der Waals surface area contributed by atoms with Gasteiger partial charge in [-0.05, 0) is 30.4 Å². The molecule has 1 aliphatic heterocycles. The van der Waals surface area contributed by atoms with Crippen molar-refractivity contribution < 1.29 is 14.3 Å². The number of hydrogen-bond donors (Lipinski definition) is 0. The predicted molar refractivity (Wildman–Crippen MR) is 93.4 cm³/mol. The molecular weight excluding hydrogens is 332 g/mol. The quantitative estimate of drug-likeness (QED) is 0.659. The summed E-state index contributed by atoms with van der Waals surface area (Å²) in [5.41, 5.74) is 5.04. The third-order valence-corrected chi connectivity index (χ3v) is 5.16. The third kappa shape index (κ3) is 2.68. The maximum absolute atomic E-state index is 11.6. The molecule has 7 nitrogen and oxygen atoms in total. The van der Waals surface area contributed by atoms with Gasteiger partial charge in [0.05, 0.1) is 44.3 Å². The van der Waals surface area contributed by atoms with Crippen LogP contribution in [0.5, 0.6) is 0 Å². The normalized spacial score (nSPS) is 17.4. The first-order valence-electron chi connectivity index (χ1n) is 8.91. The standard InChI is InChI=1S/C19H20N4O3/c1-25-19(24)14-5-20-23(7-14)9-16-8-22-6-13(12-2-3-12)4-17(18(22)21-16)15-10-26-11-15/h4-8,12,15H,2-3,9-11H2,1H3. The fourth-order valence-electron chi connectivity index (χ4n) is 3.47. The van der Waals surface area contributed by atoms with Gasteiger partial charge in [-0.15, -0.1) is 0 Å². The van der Waals surface area contributed by atoms with E-state index in [9.17, 15) is 4.79 Å². The second-order valence-corrected chi connectivity index (χ2v) is 7.12. The third-order valence-electron chi connectivity index (χ3n) is 5.16. The molecule has 0 bridgehead atoms. The van der Waals surface area contributed by atoms with Crippen molar-refractivity contribution in [2.75, 3.05) is 20.3 Å². The molecule has 0 spiro atoms. The largest absolute Gasteiger partial charge is 0.465 e. The number of ether oxygens (including phenoxy) is 2. The average Bonchev–Trinajstić information content (AvgIpc) is 3.21. The summed E-state index contributed by atoms with van der Waals surface area (Å²) < 4.78 is 14.0. The molecule has 0 atom stereocenters. The Morgan fingerprint density at radius 3 is 2.81 bits per heavy atom. The van der Waals surface area contributed by atoms with E-state index in [1.165, 1.54) is 37.3 Å². The Labute approximate surface area is 150 Å². The highest BCUT2D eigenvalue weighted by molar-refractivity contribution is 5.88. The van der Waals surface area contributed by atoms with E-state index in [1.54, 1.807) is 10.9 Å². The van der Waals surface area contributed by atoms with Crippen LogP contribution in [0.4, 0.5) is 0 Å². The van der Waals surface area contributed by atoms with Gasteiger partial charge in [0, 0.05) is 30.1 Å². The van der Waals surface area contributed by atoms with Gasteiger partial charge in [0.2, 0.25) is 0 Å². The first kappa shape index (κ1) is 15.6. The zero-order valence-electron chi connectivity index (χ0n) is 14.6. The van der Waals surface area contributed by atoms with Gasteiger partial charge in [-0.25, -0.2) is 9.78 Å². The van der Waals surface area contributed by atoms with Crippen molar-refractivity contribution in [3.05, 3.63) is 53.2 Å². The smallest absolute Gasteiger partial charge is 0.341 e. The van der Waals surface area contributed by atoms with Gasteiger partial charge in [-0.1, -0.05) is 0 Å². The Hall–Kier alpha value is -2.67. The van der Waals surface area contributed by atoms with Crippen molar-refractivity contribution in [2.24, 2.45) is 0 Å². The molecule has 1 saturated heterocycles. The second-order valence-electron chi connectivity index (χ2n) is 7.12. The minimum Gasteiger partial charge on any atom is -0.465 e. The topological polar surface area (TPSA) is 70.7 Å². The SMILES string of the molecule is COC(=O)c1cnn(Cc2cn3cc(C4CC4)cc(C4COC4)c3n2)c1. The molecule has 4 heterocycles. The van der Waals surface area contributed by atoms with Gasteiger partial charge < -0.3 is 13.9 Å². The van der Waals surface area contributed by atoms with Crippen molar-refractivity contribution in [3.8, 4) is 0 Å². The number of fused-ring (bicyclic) bond motifs is 1. The fraction of sp³-hybridized carbons (Fsp3) is 0.421. The number of carbonyl (C=O) groups is 1. The van der Waals surface area contributed by atoms with E-state index in [1.807, 2.05) is 0 Å². The van der Waals surface area contributed by atoms with E-state index in [4.69, 9.17) is 14.5 Å². The minimum absolute atomic E-state index is 0.382. The Morgan fingerprint density at radius 2 is 2.12 bits per heavy atom. The zero-order chi connectivity index (χ0) is 17.7. The molecule has 7 heteroatoms. The molecule has 0 radical (unpaired) electrons. The molecule has 5 rings (SSSR count). The van der Waals surface area contributed by atoms with Crippen LogP contribution in [-0.2, 0) is 16.0 Å². The monoisotopic (exact) mass is 352 g/mol.